The zero-order valence-electron chi connectivity index (χ0n) is 10.8. The fourth-order valence-electron chi connectivity index (χ4n) is 1.78. The number of hydrogen-bond donors (Lipinski definition) is 2. The maximum absolute atomic E-state index is 9.73. The molecule has 0 bridgehead atoms. The number of rotatable bonds is 5. The average Bonchev–Trinajstić information content (AvgIpc) is 2.88. The predicted octanol–water partition coefficient (Wildman–Crippen LogP) is 2.64. The van der Waals surface area contributed by atoms with Crippen molar-refractivity contribution in [3.8, 4) is 23.0 Å². The Hall–Kier alpha value is -2.08. The maximum Gasteiger partial charge on any atom is 0.261 e. The molecule has 2 rings (SSSR count). The van der Waals surface area contributed by atoms with E-state index in [0.29, 0.717) is 11.4 Å². The second kappa shape index (κ2) is 5.71. The predicted molar refractivity (Wildman–Crippen MR) is 67.7 cm³/mol. The lowest BCUT2D eigenvalue weighted by Gasteiger charge is -2.08. The van der Waals surface area contributed by atoms with E-state index in [2.05, 4.69) is 10.1 Å². The maximum atomic E-state index is 9.73. The van der Waals surface area contributed by atoms with Gasteiger partial charge in [0, 0.05) is 7.11 Å². The summed E-state index contributed by atoms with van der Waals surface area (Å²) in [6.45, 7) is 2.04. The Morgan fingerprint density at radius 3 is 2.84 bits per heavy atom. The molecule has 102 valence electrons. The first kappa shape index (κ1) is 13.4. The molecule has 19 heavy (non-hydrogen) atoms. The lowest BCUT2D eigenvalue weighted by molar-refractivity contribution is 0.0854. The highest BCUT2D eigenvalue weighted by Gasteiger charge is 2.19. The molecular formula is C13H16N2O4. The molecule has 0 radical (unpaired) electrons. The van der Waals surface area contributed by atoms with Crippen LogP contribution in [-0.2, 0) is 4.74 Å². The van der Waals surface area contributed by atoms with E-state index in [-0.39, 0.29) is 23.5 Å². The van der Waals surface area contributed by atoms with Crippen molar-refractivity contribution in [1.29, 1.82) is 0 Å². The van der Waals surface area contributed by atoms with E-state index in [0.717, 1.165) is 12.8 Å². The fraction of sp³-hybridized carbons (Fsp3) is 0.385. The average molecular weight is 264 g/mol. The molecule has 0 saturated carbocycles. The van der Waals surface area contributed by atoms with Crippen LogP contribution in [0.3, 0.4) is 0 Å². The summed E-state index contributed by atoms with van der Waals surface area (Å²) in [5, 5.41) is 23.0. The van der Waals surface area contributed by atoms with Crippen molar-refractivity contribution in [2.45, 2.75) is 25.9 Å². The van der Waals surface area contributed by atoms with Gasteiger partial charge in [-0.25, -0.2) is 0 Å². The van der Waals surface area contributed by atoms with E-state index in [4.69, 9.17) is 9.26 Å². The smallest absolute Gasteiger partial charge is 0.261 e. The van der Waals surface area contributed by atoms with Crippen molar-refractivity contribution in [2.24, 2.45) is 0 Å². The first-order valence-corrected chi connectivity index (χ1v) is 6.04. The molecule has 0 saturated heterocycles. The third-order valence-corrected chi connectivity index (χ3v) is 2.78. The summed E-state index contributed by atoms with van der Waals surface area (Å²) in [6, 6.07) is 4.12. The molecule has 0 aliphatic heterocycles. The summed E-state index contributed by atoms with van der Waals surface area (Å²) in [7, 11) is 1.59. The van der Waals surface area contributed by atoms with Gasteiger partial charge < -0.3 is 19.5 Å². The monoisotopic (exact) mass is 264 g/mol. The highest BCUT2D eigenvalue weighted by molar-refractivity contribution is 5.64. The highest BCUT2D eigenvalue weighted by Crippen LogP contribution is 2.32. The number of benzene rings is 1. The SMILES string of the molecule is CCCC(OC)c1noc(-c2cc(O)ccc2O)n1. The number of aromatic nitrogens is 2. The Balaban J connectivity index is 2.32. The van der Waals surface area contributed by atoms with Crippen LogP contribution >= 0.6 is 0 Å². The van der Waals surface area contributed by atoms with Gasteiger partial charge in [0.25, 0.3) is 5.89 Å². The van der Waals surface area contributed by atoms with Crippen LogP contribution in [0.5, 0.6) is 11.5 Å². The summed E-state index contributed by atoms with van der Waals surface area (Å²) in [5.41, 5.74) is 0.296. The minimum Gasteiger partial charge on any atom is -0.508 e. The van der Waals surface area contributed by atoms with Gasteiger partial charge in [-0.1, -0.05) is 18.5 Å². The van der Waals surface area contributed by atoms with Gasteiger partial charge >= 0.3 is 0 Å². The minimum absolute atomic E-state index is 0.0180. The lowest BCUT2D eigenvalue weighted by Crippen LogP contribution is -2.03. The molecule has 6 nitrogen and oxygen atoms in total. The summed E-state index contributed by atoms with van der Waals surface area (Å²) < 4.78 is 10.4. The van der Waals surface area contributed by atoms with Crippen LogP contribution in [0.1, 0.15) is 31.7 Å². The van der Waals surface area contributed by atoms with Gasteiger partial charge in [0.1, 0.15) is 17.6 Å². The number of ether oxygens (including phenoxy) is 1. The van der Waals surface area contributed by atoms with Crippen molar-refractivity contribution < 1.29 is 19.5 Å². The molecule has 0 spiro atoms. The van der Waals surface area contributed by atoms with E-state index in [9.17, 15) is 10.2 Å². The van der Waals surface area contributed by atoms with E-state index in [1.165, 1.54) is 18.2 Å². The second-order valence-electron chi connectivity index (χ2n) is 4.17. The fourth-order valence-corrected chi connectivity index (χ4v) is 1.78. The first-order valence-electron chi connectivity index (χ1n) is 6.04. The van der Waals surface area contributed by atoms with Crippen molar-refractivity contribution >= 4 is 0 Å². The third-order valence-electron chi connectivity index (χ3n) is 2.78. The van der Waals surface area contributed by atoms with Gasteiger partial charge in [-0.05, 0) is 24.6 Å². The molecular weight excluding hydrogens is 248 g/mol. The standard InChI is InChI=1S/C13H16N2O4/c1-3-4-11(18-2)12-14-13(19-15-12)9-7-8(16)5-6-10(9)17/h5-7,11,16-17H,3-4H2,1-2H3. The van der Waals surface area contributed by atoms with Gasteiger partial charge in [0.2, 0.25) is 5.82 Å². The molecule has 0 fully saturated rings. The molecule has 1 heterocycles. The summed E-state index contributed by atoms with van der Waals surface area (Å²) in [6.07, 6.45) is 1.48. The van der Waals surface area contributed by atoms with E-state index >= 15 is 0 Å². The Kier molecular flexibility index (Phi) is 4.01. The van der Waals surface area contributed by atoms with Gasteiger partial charge in [-0.15, -0.1) is 0 Å². The lowest BCUT2D eigenvalue weighted by atomic mass is 10.2. The minimum atomic E-state index is -0.234. The van der Waals surface area contributed by atoms with E-state index in [1.807, 2.05) is 6.92 Å². The van der Waals surface area contributed by atoms with Crippen molar-refractivity contribution in [2.75, 3.05) is 7.11 Å². The van der Waals surface area contributed by atoms with Gasteiger partial charge in [0.15, 0.2) is 0 Å². The molecule has 2 N–H and O–H groups in total. The van der Waals surface area contributed by atoms with E-state index < -0.39 is 0 Å². The number of aromatic hydroxyl groups is 2. The number of methoxy groups -OCH3 is 1. The number of hydrogen-bond acceptors (Lipinski definition) is 6. The number of phenolic OH excluding ortho intramolecular Hbond substituents is 2. The molecule has 0 aliphatic rings. The molecule has 0 amide bonds. The molecule has 1 atom stereocenters. The third kappa shape index (κ3) is 2.85. The largest absolute Gasteiger partial charge is 0.508 e. The Labute approximate surface area is 110 Å². The Morgan fingerprint density at radius 1 is 1.37 bits per heavy atom. The highest BCUT2D eigenvalue weighted by atomic mass is 16.5. The summed E-state index contributed by atoms with van der Waals surface area (Å²) >= 11 is 0. The van der Waals surface area contributed by atoms with Crippen molar-refractivity contribution in [3.63, 3.8) is 0 Å². The van der Waals surface area contributed by atoms with Crippen LogP contribution in [0.25, 0.3) is 11.5 Å². The summed E-state index contributed by atoms with van der Waals surface area (Å²) in [5.74, 6) is 0.575. The Bertz CT molecular complexity index is 553. The molecule has 1 aromatic heterocycles. The molecule has 0 aliphatic carbocycles. The zero-order chi connectivity index (χ0) is 13.8. The number of phenols is 2. The van der Waals surface area contributed by atoms with Gasteiger partial charge in [-0.3, -0.25) is 0 Å². The van der Waals surface area contributed by atoms with E-state index in [1.54, 1.807) is 7.11 Å². The van der Waals surface area contributed by atoms with Crippen molar-refractivity contribution in [3.05, 3.63) is 24.0 Å². The molecule has 6 heteroatoms. The van der Waals surface area contributed by atoms with Gasteiger partial charge in [0.05, 0.1) is 5.56 Å². The molecule has 2 aromatic rings. The van der Waals surface area contributed by atoms with Gasteiger partial charge in [-0.2, -0.15) is 4.98 Å². The molecule has 1 unspecified atom stereocenters. The van der Waals surface area contributed by atoms with Crippen LogP contribution in [0.4, 0.5) is 0 Å². The topological polar surface area (TPSA) is 88.6 Å². The molecule has 1 aromatic carbocycles. The van der Waals surface area contributed by atoms with Crippen LogP contribution in [0.2, 0.25) is 0 Å². The van der Waals surface area contributed by atoms with Crippen LogP contribution in [0, 0.1) is 0 Å². The Morgan fingerprint density at radius 2 is 2.16 bits per heavy atom. The van der Waals surface area contributed by atoms with Crippen LogP contribution in [0.15, 0.2) is 22.7 Å². The number of nitrogens with zero attached hydrogens (tertiary/aromatic N) is 2. The van der Waals surface area contributed by atoms with Crippen LogP contribution in [-0.4, -0.2) is 27.5 Å². The van der Waals surface area contributed by atoms with Crippen molar-refractivity contribution in [1.82, 2.24) is 10.1 Å². The zero-order valence-corrected chi connectivity index (χ0v) is 10.8. The normalized spacial score (nSPS) is 12.5. The first-order chi connectivity index (χ1) is 9.15. The summed E-state index contributed by atoms with van der Waals surface area (Å²) in [4.78, 5) is 4.20. The van der Waals surface area contributed by atoms with Crippen LogP contribution < -0.4 is 0 Å². The second-order valence-corrected chi connectivity index (χ2v) is 4.17. The quantitative estimate of drug-likeness (QED) is 0.807.